The topological polar surface area (TPSA) is 20.2 Å². The average molecular weight is 337 g/mol. The second-order valence-electron chi connectivity index (χ2n) is 8.98. The fraction of sp³-hybridized carbons (Fsp3) is 0.500. The first kappa shape index (κ1) is 18.2. The van der Waals surface area contributed by atoms with E-state index in [4.69, 9.17) is 0 Å². The van der Waals surface area contributed by atoms with Gasteiger partial charge in [-0.1, -0.05) is 76.2 Å². The third-order valence-corrected chi connectivity index (χ3v) is 6.19. The maximum absolute atomic E-state index is 9.99. The van der Waals surface area contributed by atoms with Gasteiger partial charge in [-0.25, -0.2) is 0 Å². The number of aliphatic hydroxyl groups excluding tert-OH is 1. The molecule has 0 amide bonds. The summed E-state index contributed by atoms with van der Waals surface area (Å²) in [5.41, 5.74) is 6.09. The molecule has 3 rings (SSSR count). The molecule has 1 heteroatoms. The molecule has 1 aliphatic carbocycles. The molecule has 2 aromatic rings. The van der Waals surface area contributed by atoms with Gasteiger partial charge < -0.3 is 5.11 Å². The van der Waals surface area contributed by atoms with Crippen molar-refractivity contribution in [1.29, 1.82) is 0 Å². The molecule has 0 aliphatic heterocycles. The van der Waals surface area contributed by atoms with E-state index in [9.17, 15) is 5.11 Å². The Bertz CT molecular complexity index is 712. The van der Waals surface area contributed by atoms with E-state index in [0.717, 1.165) is 12.8 Å². The molecular weight excluding hydrogens is 304 g/mol. The second-order valence-corrected chi connectivity index (χ2v) is 8.98. The van der Waals surface area contributed by atoms with Crippen molar-refractivity contribution in [2.75, 3.05) is 6.61 Å². The minimum atomic E-state index is 0.214. The van der Waals surface area contributed by atoms with Crippen LogP contribution in [0, 0.1) is 0 Å². The lowest BCUT2D eigenvalue weighted by Gasteiger charge is -2.42. The fourth-order valence-electron chi connectivity index (χ4n) is 4.21. The number of fused-ring (bicyclic) bond motifs is 1. The zero-order chi connectivity index (χ0) is 18.1. The van der Waals surface area contributed by atoms with E-state index in [1.807, 2.05) is 0 Å². The van der Waals surface area contributed by atoms with Crippen LogP contribution in [0.1, 0.15) is 75.1 Å². The largest absolute Gasteiger partial charge is 0.396 e. The first-order valence-corrected chi connectivity index (χ1v) is 9.63. The molecule has 2 aromatic carbocycles. The first-order chi connectivity index (χ1) is 11.8. The number of rotatable bonds is 5. The predicted molar refractivity (Wildman–Crippen MR) is 106 cm³/mol. The number of hydrogen-bond acceptors (Lipinski definition) is 1. The summed E-state index contributed by atoms with van der Waals surface area (Å²) in [5, 5.41) is 9.99. The molecule has 1 aliphatic rings. The number of hydrogen-bond donors (Lipinski definition) is 1. The number of benzene rings is 2. The molecule has 25 heavy (non-hydrogen) atoms. The summed E-state index contributed by atoms with van der Waals surface area (Å²) < 4.78 is 0. The maximum atomic E-state index is 9.99. The quantitative estimate of drug-likeness (QED) is 0.737. The molecule has 0 saturated carbocycles. The van der Waals surface area contributed by atoms with E-state index in [1.54, 1.807) is 0 Å². The highest BCUT2D eigenvalue weighted by Gasteiger charge is 2.37. The van der Waals surface area contributed by atoms with E-state index < -0.39 is 0 Å². The molecule has 0 bridgehead atoms. The van der Waals surface area contributed by atoms with E-state index in [0.29, 0.717) is 0 Å². The Morgan fingerprint density at radius 3 is 2.16 bits per heavy atom. The fourth-order valence-corrected chi connectivity index (χ4v) is 4.21. The molecule has 1 atom stereocenters. The molecule has 0 radical (unpaired) electrons. The van der Waals surface area contributed by atoms with Gasteiger partial charge in [0.1, 0.15) is 0 Å². The van der Waals surface area contributed by atoms with Gasteiger partial charge in [0.2, 0.25) is 0 Å². The molecule has 1 N–H and O–H groups in total. The molecule has 0 aromatic heterocycles. The van der Waals surface area contributed by atoms with Gasteiger partial charge in [-0.2, -0.15) is 0 Å². The molecular formula is C24H32O. The van der Waals surface area contributed by atoms with E-state index in [1.165, 1.54) is 35.1 Å². The Balaban J connectivity index is 1.86. The van der Waals surface area contributed by atoms with Gasteiger partial charge in [-0.05, 0) is 58.8 Å². The monoisotopic (exact) mass is 336 g/mol. The minimum Gasteiger partial charge on any atom is -0.396 e. The van der Waals surface area contributed by atoms with Crippen LogP contribution in [0.25, 0.3) is 0 Å². The summed E-state index contributed by atoms with van der Waals surface area (Å²) in [6.45, 7) is 9.67. The average Bonchev–Trinajstić information content (AvgIpc) is 2.60. The van der Waals surface area contributed by atoms with Crippen molar-refractivity contribution in [3.05, 3.63) is 70.8 Å². The van der Waals surface area contributed by atoms with Gasteiger partial charge in [0.05, 0.1) is 0 Å². The van der Waals surface area contributed by atoms with Crippen LogP contribution in [-0.2, 0) is 17.3 Å². The van der Waals surface area contributed by atoms with Gasteiger partial charge in [-0.15, -0.1) is 0 Å². The van der Waals surface area contributed by atoms with Crippen LogP contribution < -0.4 is 0 Å². The smallest absolute Gasteiger partial charge is 0.0499 e. The Morgan fingerprint density at radius 1 is 0.880 bits per heavy atom. The standard InChI is InChI=1S/C24H32O/c1-23(2)14-15-24(3,4)22-16-19(12-13-21(22)23)20(17-25)11-10-18-8-6-5-7-9-18/h5-9,12-13,16,20,25H,10-11,14-15,17H2,1-4H3. The molecule has 0 fully saturated rings. The Labute approximate surface area is 153 Å². The van der Waals surface area contributed by atoms with E-state index >= 15 is 0 Å². The number of aliphatic hydroxyl groups is 1. The third kappa shape index (κ3) is 3.82. The van der Waals surface area contributed by atoms with E-state index in [-0.39, 0.29) is 23.4 Å². The van der Waals surface area contributed by atoms with Gasteiger partial charge in [-0.3, -0.25) is 0 Å². The van der Waals surface area contributed by atoms with Crippen LogP contribution >= 0.6 is 0 Å². The molecule has 1 unspecified atom stereocenters. The van der Waals surface area contributed by atoms with Crippen molar-refractivity contribution in [2.24, 2.45) is 0 Å². The van der Waals surface area contributed by atoms with Gasteiger partial charge in [0.25, 0.3) is 0 Å². The van der Waals surface area contributed by atoms with Crippen molar-refractivity contribution in [2.45, 2.75) is 70.1 Å². The van der Waals surface area contributed by atoms with Gasteiger partial charge >= 0.3 is 0 Å². The molecule has 1 nitrogen and oxygen atoms in total. The van der Waals surface area contributed by atoms with Gasteiger partial charge in [0, 0.05) is 12.5 Å². The SMILES string of the molecule is CC1(C)CCC(C)(C)c2cc(C(CO)CCc3ccccc3)ccc21. The lowest BCUT2D eigenvalue weighted by molar-refractivity contribution is 0.258. The summed E-state index contributed by atoms with van der Waals surface area (Å²) in [6.07, 6.45) is 4.47. The van der Waals surface area contributed by atoms with Crippen LogP contribution in [0.15, 0.2) is 48.5 Å². The Kier molecular flexibility index (Phi) is 5.06. The summed E-state index contributed by atoms with van der Waals surface area (Å²) in [4.78, 5) is 0. The van der Waals surface area contributed by atoms with E-state index in [2.05, 4.69) is 76.2 Å². The summed E-state index contributed by atoms with van der Waals surface area (Å²) in [7, 11) is 0. The highest BCUT2D eigenvalue weighted by Crippen LogP contribution is 2.46. The predicted octanol–water partition coefficient (Wildman–Crippen LogP) is 5.74. The normalized spacial score (nSPS) is 19.2. The Morgan fingerprint density at radius 2 is 1.52 bits per heavy atom. The maximum Gasteiger partial charge on any atom is 0.0499 e. The first-order valence-electron chi connectivity index (χ1n) is 9.63. The highest BCUT2D eigenvalue weighted by molar-refractivity contribution is 5.44. The van der Waals surface area contributed by atoms with Crippen molar-refractivity contribution < 1.29 is 5.11 Å². The van der Waals surface area contributed by atoms with Crippen LogP contribution in [0.3, 0.4) is 0 Å². The highest BCUT2D eigenvalue weighted by atomic mass is 16.3. The van der Waals surface area contributed by atoms with Crippen molar-refractivity contribution in [3.63, 3.8) is 0 Å². The molecule has 0 spiro atoms. The zero-order valence-electron chi connectivity index (χ0n) is 16.2. The summed E-state index contributed by atoms with van der Waals surface area (Å²) in [6, 6.07) is 17.6. The van der Waals surface area contributed by atoms with Crippen LogP contribution in [0.2, 0.25) is 0 Å². The summed E-state index contributed by atoms with van der Waals surface area (Å²) >= 11 is 0. The minimum absolute atomic E-state index is 0.214. The zero-order valence-corrected chi connectivity index (χ0v) is 16.2. The third-order valence-electron chi connectivity index (χ3n) is 6.19. The van der Waals surface area contributed by atoms with Crippen LogP contribution in [0.4, 0.5) is 0 Å². The van der Waals surface area contributed by atoms with Gasteiger partial charge in [0.15, 0.2) is 0 Å². The molecule has 0 saturated heterocycles. The number of aryl methyl sites for hydroxylation is 1. The molecule has 0 heterocycles. The van der Waals surface area contributed by atoms with Crippen molar-refractivity contribution >= 4 is 0 Å². The van der Waals surface area contributed by atoms with Crippen molar-refractivity contribution in [1.82, 2.24) is 0 Å². The Hall–Kier alpha value is -1.60. The lowest BCUT2D eigenvalue weighted by atomic mass is 9.62. The van der Waals surface area contributed by atoms with Crippen molar-refractivity contribution in [3.8, 4) is 0 Å². The molecule has 134 valence electrons. The van der Waals surface area contributed by atoms with Crippen LogP contribution in [-0.4, -0.2) is 11.7 Å². The second kappa shape index (κ2) is 6.96. The lowest BCUT2D eigenvalue weighted by Crippen LogP contribution is -2.34. The summed E-state index contributed by atoms with van der Waals surface area (Å²) in [5.74, 6) is 0.214. The van der Waals surface area contributed by atoms with Crippen LogP contribution in [0.5, 0.6) is 0 Å².